The number of hydrogen-bond donors (Lipinski definition) is 2. The third kappa shape index (κ3) is 1.53. The average Bonchev–Trinajstić information content (AvgIpc) is 3.15. The van der Waals surface area contributed by atoms with Crippen molar-refractivity contribution in [3.63, 3.8) is 0 Å². The third-order valence-corrected chi connectivity index (χ3v) is 5.39. The van der Waals surface area contributed by atoms with Crippen LogP contribution in [0.1, 0.15) is 24.8 Å². The molecule has 2 saturated heterocycles. The molecule has 0 unspecified atom stereocenters. The van der Waals surface area contributed by atoms with Crippen LogP contribution in [0, 0.1) is 5.92 Å². The molecule has 22 heavy (non-hydrogen) atoms. The monoisotopic (exact) mass is 301 g/mol. The highest BCUT2D eigenvalue weighted by Gasteiger charge is 2.63. The molecular formula is C16H19N3O3. The van der Waals surface area contributed by atoms with E-state index in [1.165, 1.54) is 7.11 Å². The molecule has 0 saturated carbocycles. The summed E-state index contributed by atoms with van der Waals surface area (Å²) in [5.41, 5.74) is 7.49. The molecule has 3 heterocycles. The SMILES string of the molecule is COC(=O)[C@H]1C[C@]2(C(=O)Nc3ccc(N)cc32)N2CCC[C@@H]12. The van der Waals surface area contributed by atoms with Crippen molar-refractivity contribution in [1.82, 2.24) is 4.90 Å². The van der Waals surface area contributed by atoms with Crippen molar-refractivity contribution < 1.29 is 14.3 Å². The Morgan fingerprint density at radius 3 is 3.09 bits per heavy atom. The second-order valence-electron chi connectivity index (χ2n) is 6.36. The molecule has 1 aromatic rings. The van der Waals surface area contributed by atoms with Crippen molar-refractivity contribution in [3.05, 3.63) is 23.8 Å². The van der Waals surface area contributed by atoms with Gasteiger partial charge in [0.25, 0.3) is 0 Å². The lowest BCUT2D eigenvalue weighted by atomic mass is 9.84. The number of esters is 1. The molecule has 0 aromatic heterocycles. The molecule has 1 spiro atoms. The Bertz CT molecular complexity index is 675. The first-order chi connectivity index (χ1) is 10.6. The van der Waals surface area contributed by atoms with Gasteiger partial charge in [-0.3, -0.25) is 14.5 Å². The number of rotatable bonds is 1. The zero-order valence-electron chi connectivity index (χ0n) is 12.5. The van der Waals surface area contributed by atoms with Gasteiger partial charge in [-0.2, -0.15) is 0 Å². The fourth-order valence-corrected chi connectivity index (χ4v) is 4.50. The predicted octanol–water partition coefficient (Wildman–Crippen LogP) is 1.07. The fourth-order valence-electron chi connectivity index (χ4n) is 4.50. The van der Waals surface area contributed by atoms with Crippen molar-refractivity contribution in [1.29, 1.82) is 0 Å². The van der Waals surface area contributed by atoms with Gasteiger partial charge in [0.15, 0.2) is 0 Å². The molecule has 3 aliphatic heterocycles. The van der Waals surface area contributed by atoms with Crippen LogP contribution < -0.4 is 11.1 Å². The number of nitrogens with zero attached hydrogens (tertiary/aromatic N) is 1. The van der Waals surface area contributed by atoms with Gasteiger partial charge < -0.3 is 15.8 Å². The summed E-state index contributed by atoms with van der Waals surface area (Å²) in [7, 11) is 1.41. The van der Waals surface area contributed by atoms with Gasteiger partial charge >= 0.3 is 5.97 Å². The first-order valence-corrected chi connectivity index (χ1v) is 7.64. The third-order valence-electron chi connectivity index (χ3n) is 5.39. The van der Waals surface area contributed by atoms with Crippen LogP contribution in [0.25, 0.3) is 0 Å². The van der Waals surface area contributed by atoms with Gasteiger partial charge in [0.05, 0.1) is 13.0 Å². The molecular weight excluding hydrogens is 282 g/mol. The standard InChI is InChI=1S/C16H19N3O3/c1-22-14(20)10-8-16(19-6-2-3-13(10)19)11-7-9(17)4-5-12(11)18-15(16)21/h4-5,7,10,13H,2-3,6,8,17H2,1H3,(H,18,21)/t10-,13-,16-/m0/s1. The van der Waals surface area contributed by atoms with E-state index in [4.69, 9.17) is 10.5 Å². The van der Waals surface area contributed by atoms with Gasteiger partial charge in [-0.15, -0.1) is 0 Å². The second kappa shape index (κ2) is 4.46. The normalized spacial score (nSPS) is 32.9. The maximum atomic E-state index is 12.8. The Morgan fingerprint density at radius 1 is 1.50 bits per heavy atom. The summed E-state index contributed by atoms with van der Waals surface area (Å²) in [4.78, 5) is 27.2. The number of nitrogens with one attached hydrogen (secondary N) is 1. The highest BCUT2D eigenvalue weighted by Crippen LogP contribution is 2.54. The lowest BCUT2D eigenvalue weighted by Gasteiger charge is -2.32. The molecule has 0 aliphatic carbocycles. The van der Waals surface area contributed by atoms with Crippen molar-refractivity contribution in [2.45, 2.75) is 30.8 Å². The van der Waals surface area contributed by atoms with E-state index in [-0.39, 0.29) is 23.8 Å². The summed E-state index contributed by atoms with van der Waals surface area (Å²) < 4.78 is 4.97. The van der Waals surface area contributed by atoms with Gasteiger partial charge in [-0.1, -0.05) is 0 Å². The van der Waals surface area contributed by atoms with Gasteiger partial charge in [0.2, 0.25) is 5.91 Å². The van der Waals surface area contributed by atoms with E-state index >= 15 is 0 Å². The Kier molecular flexibility index (Phi) is 2.75. The fraction of sp³-hybridized carbons (Fsp3) is 0.500. The smallest absolute Gasteiger partial charge is 0.310 e. The molecule has 3 aliphatic rings. The first-order valence-electron chi connectivity index (χ1n) is 7.64. The summed E-state index contributed by atoms with van der Waals surface area (Å²) in [6.07, 6.45) is 2.38. The topological polar surface area (TPSA) is 84.7 Å². The predicted molar refractivity (Wildman–Crippen MR) is 81.0 cm³/mol. The maximum absolute atomic E-state index is 12.8. The number of nitrogen functional groups attached to an aromatic ring is 1. The van der Waals surface area contributed by atoms with Crippen LogP contribution in [-0.2, 0) is 19.9 Å². The number of fused-ring (bicyclic) bond motifs is 4. The zero-order valence-corrected chi connectivity index (χ0v) is 12.5. The van der Waals surface area contributed by atoms with Crippen LogP contribution in [-0.4, -0.2) is 36.5 Å². The van der Waals surface area contributed by atoms with E-state index in [1.807, 2.05) is 12.1 Å². The Hall–Kier alpha value is -2.08. The van der Waals surface area contributed by atoms with E-state index in [9.17, 15) is 9.59 Å². The molecule has 6 heteroatoms. The minimum atomic E-state index is -0.773. The average molecular weight is 301 g/mol. The molecule has 116 valence electrons. The zero-order chi connectivity index (χ0) is 15.5. The van der Waals surface area contributed by atoms with Gasteiger partial charge in [-0.25, -0.2) is 0 Å². The van der Waals surface area contributed by atoms with E-state index in [2.05, 4.69) is 10.2 Å². The first kappa shape index (κ1) is 13.6. The van der Waals surface area contributed by atoms with Crippen molar-refractivity contribution in [2.24, 2.45) is 5.92 Å². The van der Waals surface area contributed by atoms with Gasteiger partial charge in [0.1, 0.15) is 5.54 Å². The lowest BCUT2D eigenvalue weighted by molar-refractivity contribution is -0.146. The number of methoxy groups -OCH3 is 1. The van der Waals surface area contributed by atoms with Crippen LogP contribution in [0.15, 0.2) is 18.2 Å². The number of carbonyl (C=O) groups excluding carboxylic acids is 2. The highest BCUT2D eigenvalue weighted by molar-refractivity contribution is 6.07. The molecule has 3 N–H and O–H groups in total. The molecule has 2 fully saturated rings. The van der Waals surface area contributed by atoms with E-state index in [0.29, 0.717) is 12.1 Å². The Morgan fingerprint density at radius 2 is 2.32 bits per heavy atom. The number of carbonyl (C=O) groups is 2. The number of benzene rings is 1. The van der Waals surface area contributed by atoms with E-state index in [1.54, 1.807) is 6.07 Å². The quantitative estimate of drug-likeness (QED) is 0.599. The molecule has 1 amide bonds. The van der Waals surface area contributed by atoms with Crippen LogP contribution in [0.2, 0.25) is 0 Å². The summed E-state index contributed by atoms with van der Waals surface area (Å²) >= 11 is 0. The van der Waals surface area contributed by atoms with Crippen LogP contribution in [0.4, 0.5) is 11.4 Å². The molecule has 0 radical (unpaired) electrons. The number of nitrogens with two attached hydrogens (primary N) is 1. The van der Waals surface area contributed by atoms with Gasteiger partial charge in [0, 0.05) is 23.0 Å². The van der Waals surface area contributed by atoms with Crippen LogP contribution >= 0.6 is 0 Å². The largest absolute Gasteiger partial charge is 0.469 e. The molecule has 0 bridgehead atoms. The molecule has 3 atom stereocenters. The maximum Gasteiger partial charge on any atom is 0.310 e. The summed E-state index contributed by atoms with van der Waals surface area (Å²) in [6.45, 7) is 0.819. The minimum Gasteiger partial charge on any atom is -0.469 e. The minimum absolute atomic E-state index is 0.0496. The van der Waals surface area contributed by atoms with E-state index < -0.39 is 5.54 Å². The number of ether oxygens (including phenoxy) is 1. The van der Waals surface area contributed by atoms with Crippen LogP contribution in [0.5, 0.6) is 0 Å². The number of amides is 1. The number of hydrogen-bond acceptors (Lipinski definition) is 5. The summed E-state index contributed by atoms with van der Waals surface area (Å²) in [5.74, 6) is -0.532. The Labute approximate surface area is 128 Å². The summed E-state index contributed by atoms with van der Waals surface area (Å²) in [6, 6.07) is 5.56. The number of anilines is 2. The molecule has 6 nitrogen and oxygen atoms in total. The highest BCUT2D eigenvalue weighted by atomic mass is 16.5. The Balaban J connectivity index is 1.86. The lowest BCUT2D eigenvalue weighted by Crippen LogP contribution is -2.47. The molecule has 4 rings (SSSR count). The van der Waals surface area contributed by atoms with Crippen molar-refractivity contribution in [3.8, 4) is 0 Å². The van der Waals surface area contributed by atoms with Crippen molar-refractivity contribution in [2.75, 3.05) is 24.7 Å². The second-order valence-corrected chi connectivity index (χ2v) is 6.36. The molecule has 1 aromatic carbocycles. The van der Waals surface area contributed by atoms with E-state index in [0.717, 1.165) is 30.6 Å². The van der Waals surface area contributed by atoms with Gasteiger partial charge in [-0.05, 0) is 44.0 Å². The van der Waals surface area contributed by atoms with Crippen LogP contribution in [0.3, 0.4) is 0 Å². The summed E-state index contributed by atoms with van der Waals surface area (Å²) in [5, 5.41) is 2.96. The van der Waals surface area contributed by atoms with Crippen molar-refractivity contribution >= 4 is 23.3 Å².